The molecule has 6 heteroatoms. The highest BCUT2D eigenvalue weighted by atomic mass is 19.1. The zero-order valence-electron chi connectivity index (χ0n) is 20.5. The first-order valence-electron chi connectivity index (χ1n) is 12.3. The zero-order valence-corrected chi connectivity index (χ0v) is 20.5. The Morgan fingerprint density at radius 1 is 1.03 bits per heavy atom. The number of aliphatic hydroxyl groups is 1. The molecule has 2 saturated heterocycles. The Labute approximate surface area is 201 Å². The van der Waals surface area contributed by atoms with Crippen LogP contribution in [0.5, 0.6) is 0 Å². The molecule has 184 valence electrons. The molecule has 34 heavy (non-hydrogen) atoms. The average molecular weight is 471 g/mol. The zero-order chi connectivity index (χ0) is 24.6. The minimum absolute atomic E-state index is 0.00575. The van der Waals surface area contributed by atoms with Crippen molar-refractivity contribution < 1.29 is 18.7 Å². The van der Waals surface area contributed by atoms with Crippen molar-refractivity contribution in [3.05, 3.63) is 71.3 Å². The van der Waals surface area contributed by atoms with Crippen molar-refractivity contribution in [1.82, 2.24) is 9.80 Å². The molecule has 2 aromatic rings. The van der Waals surface area contributed by atoms with Gasteiger partial charge < -0.3 is 14.9 Å². The first kappa shape index (κ1) is 24.8. The molecule has 4 rings (SSSR count). The summed E-state index contributed by atoms with van der Waals surface area (Å²) in [6.07, 6.45) is 0. The van der Waals surface area contributed by atoms with Crippen molar-refractivity contribution in [2.45, 2.75) is 39.2 Å². The molecule has 0 bridgehead atoms. The molecule has 2 aliphatic rings. The third-order valence-corrected chi connectivity index (χ3v) is 7.74. The van der Waals surface area contributed by atoms with Gasteiger partial charge in [-0.3, -0.25) is 4.79 Å². The molecule has 1 amide bonds. The number of carbonyl (C=O) groups excluding carboxylic acids is 1. The summed E-state index contributed by atoms with van der Waals surface area (Å²) >= 11 is 0. The molecule has 0 unspecified atom stereocenters. The average Bonchev–Trinajstić information content (AvgIpc) is 3.19. The molecule has 2 aromatic carbocycles. The van der Waals surface area contributed by atoms with Crippen LogP contribution in [0.2, 0.25) is 0 Å². The first-order chi connectivity index (χ1) is 16.1. The molecule has 0 spiro atoms. The van der Waals surface area contributed by atoms with E-state index in [9.17, 15) is 18.7 Å². The quantitative estimate of drug-likeness (QED) is 0.693. The maximum atomic E-state index is 14.8. The molecule has 1 N–H and O–H groups in total. The Balaban J connectivity index is 1.58. The van der Waals surface area contributed by atoms with Crippen molar-refractivity contribution >= 4 is 5.91 Å². The van der Waals surface area contributed by atoms with E-state index in [0.717, 1.165) is 18.2 Å². The third kappa shape index (κ3) is 4.63. The van der Waals surface area contributed by atoms with Crippen LogP contribution in [0.15, 0.2) is 48.5 Å². The molecule has 2 aliphatic heterocycles. The van der Waals surface area contributed by atoms with Gasteiger partial charge >= 0.3 is 0 Å². The van der Waals surface area contributed by atoms with Gasteiger partial charge in [0, 0.05) is 56.5 Å². The van der Waals surface area contributed by atoms with Crippen molar-refractivity contribution in [3.63, 3.8) is 0 Å². The van der Waals surface area contributed by atoms with Gasteiger partial charge in [0.2, 0.25) is 5.91 Å². The van der Waals surface area contributed by atoms with Crippen LogP contribution in [0.25, 0.3) is 0 Å². The van der Waals surface area contributed by atoms with Crippen LogP contribution in [0.1, 0.15) is 44.7 Å². The molecule has 0 aliphatic carbocycles. The van der Waals surface area contributed by atoms with Crippen LogP contribution < -0.4 is 0 Å². The fourth-order valence-electron chi connectivity index (χ4n) is 6.11. The topological polar surface area (TPSA) is 43.8 Å². The molecule has 2 heterocycles. The lowest BCUT2D eigenvalue weighted by atomic mass is 9.70. The number of amides is 1. The number of hydrogen-bond acceptors (Lipinski definition) is 3. The van der Waals surface area contributed by atoms with Gasteiger partial charge in [-0.25, -0.2) is 8.78 Å². The number of benzene rings is 2. The van der Waals surface area contributed by atoms with Gasteiger partial charge in [0.15, 0.2) is 0 Å². The van der Waals surface area contributed by atoms with Gasteiger partial charge in [0.1, 0.15) is 11.6 Å². The fraction of sp³-hybridized carbons (Fsp3) is 0.536. The lowest BCUT2D eigenvalue weighted by molar-refractivity contribution is -0.152. The van der Waals surface area contributed by atoms with Crippen molar-refractivity contribution in [2.75, 3.05) is 32.7 Å². The number of carbonyl (C=O) groups is 1. The standard InChI is InChI=1S/C28H36F2N2O2/c1-18(2)13-31-16-24(23-11-10-22(29)12-26(23)30)25(17-31)27(33)32-14-19(3)28(34,20(4)15-32)21-8-6-5-7-9-21/h5-12,18-20,24-25,34H,13-17H2,1-4H3/t19-,20+,24-,25+,28-/m0/s1. The van der Waals surface area contributed by atoms with Gasteiger partial charge in [-0.1, -0.05) is 64.1 Å². The van der Waals surface area contributed by atoms with Gasteiger partial charge in [-0.15, -0.1) is 0 Å². The fourth-order valence-corrected chi connectivity index (χ4v) is 6.11. The minimum atomic E-state index is -1.01. The summed E-state index contributed by atoms with van der Waals surface area (Å²) < 4.78 is 28.3. The number of halogens is 2. The van der Waals surface area contributed by atoms with Crippen molar-refractivity contribution in [1.29, 1.82) is 0 Å². The molecular weight excluding hydrogens is 434 g/mol. The number of piperidine rings is 1. The van der Waals surface area contributed by atoms with E-state index in [-0.39, 0.29) is 23.7 Å². The van der Waals surface area contributed by atoms with E-state index >= 15 is 0 Å². The third-order valence-electron chi connectivity index (χ3n) is 7.74. The summed E-state index contributed by atoms with van der Waals surface area (Å²) in [6, 6.07) is 13.3. The molecule has 0 saturated carbocycles. The minimum Gasteiger partial charge on any atom is -0.384 e. The summed E-state index contributed by atoms with van der Waals surface area (Å²) in [4.78, 5) is 17.9. The van der Waals surface area contributed by atoms with Gasteiger partial charge in [0.05, 0.1) is 11.5 Å². The van der Waals surface area contributed by atoms with E-state index in [1.165, 1.54) is 12.1 Å². The molecule has 4 nitrogen and oxygen atoms in total. The Bertz CT molecular complexity index is 1000. The van der Waals surface area contributed by atoms with E-state index < -0.39 is 23.2 Å². The molecular formula is C28H36F2N2O2. The first-order valence-corrected chi connectivity index (χ1v) is 12.3. The Hall–Kier alpha value is -2.31. The highest BCUT2D eigenvalue weighted by Crippen LogP contribution is 2.43. The lowest BCUT2D eigenvalue weighted by Crippen LogP contribution is -2.57. The van der Waals surface area contributed by atoms with Crippen LogP contribution in [-0.2, 0) is 10.4 Å². The Morgan fingerprint density at radius 3 is 2.26 bits per heavy atom. The molecule has 0 radical (unpaired) electrons. The second-order valence-electron chi connectivity index (χ2n) is 10.7. The van der Waals surface area contributed by atoms with E-state index in [2.05, 4.69) is 18.7 Å². The summed E-state index contributed by atoms with van der Waals surface area (Å²) in [5, 5.41) is 11.6. The normalized spacial score (nSPS) is 30.2. The maximum Gasteiger partial charge on any atom is 0.227 e. The van der Waals surface area contributed by atoms with E-state index in [4.69, 9.17) is 0 Å². The smallest absolute Gasteiger partial charge is 0.227 e. The summed E-state index contributed by atoms with van der Waals surface area (Å²) in [5.41, 5.74) is 0.266. The van der Waals surface area contributed by atoms with Crippen LogP contribution in [0.4, 0.5) is 8.78 Å². The highest BCUT2D eigenvalue weighted by molar-refractivity contribution is 5.81. The number of nitrogens with zero attached hydrogens (tertiary/aromatic N) is 2. The van der Waals surface area contributed by atoms with Crippen LogP contribution in [-0.4, -0.2) is 53.5 Å². The monoisotopic (exact) mass is 470 g/mol. The predicted octanol–water partition coefficient (Wildman–Crippen LogP) is 4.64. The second-order valence-corrected chi connectivity index (χ2v) is 10.7. The van der Waals surface area contributed by atoms with Gasteiger partial charge in [-0.2, -0.15) is 0 Å². The van der Waals surface area contributed by atoms with Crippen molar-refractivity contribution in [3.8, 4) is 0 Å². The van der Waals surface area contributed by atoms with Crippen LogP contribution >= 0.6 is 0 Å². The largest absolute Gasteiger partial charge is 0.384 e. The molecule has 0 aromatic heterocycles. The summed E-state index contributed by atoms with van der Waals surface area (Å²) in [7, 11) is 0. The second kappa shape index (κ2) is 9.74. The summed E-state index contributed by atoms with van der Waals surface area (Å²) in [6.45, 7) is 11.1. The maximum absolute atomic E-state index is 14.8. The number of hydrogen-bond donors (Lipinski definition) is 1. The SMILES string of the molecule is CC(C)CN1C[C@@H](C(=O)N2C[C@@H](C)[C@](O)(c3ccccc3)[C@@H](C)C2)[C@H](c2ccc(F)cc2F)C1. The summed E-state index contributed by atoms with van der Waals surface area (Å²) in [5.74, 6) is -1.83. The van der Waals surface area contributed by atoms with Crippen LogP contribution in [0.3, 0.4) is 0 Å². The van der Waals surface area contributed by atoms with E-state index in [1.807, 2.05) is 49.1 Å². The van der Waals surface area contributed by atoms with Crippen LogP contribution in [0, 0.1) is 35.3 Å². The van der Waals surface area contributed by atoms with Crippen molar-refractivity contribution in [2.24, 2.45) is 23.7 Å². The number of likely N-dealkylation sites (tertiary alicyclic amines) is 2. The van der Waals surface area contributed by atoms with Gasteiger partial charge in [0.25, 0.3) is 0 Å². The van der Waals surface area contributed by atoms with Gasteiger partial charge in [-0.05, 0) is 23.1 Å². The highest BCUT2D eigenvalue weighted by Gasteiger charge is 2.49. The molecule has 5 atom stereocenters. The predicted molar refractivity (Wildman–Crippen MR) is 129 cm³/mol. The Morgan fingerprint density at radius 2 is 1.68 bits per heavy atom. The van der Waals surface area contributed by atoms with E-state index in [1.54, 1.807) is 0 Å². The lowest BCUT2D eigenvalue weighted by Gasteiger charge is -2.48. The Kier molecular flexibility index (Phi) is 7.11. The molecule has 2 fully saturated rings. The number of rotatable bonds is 5. The van der Waals surface area contributed by atoms with E-state index in [0.29, 0.717) is 37.7 Å².